The number of amides is 2. The molecule has 2 N–H and O–H groups in total. The molecule has 0 aliphatic carbocycles. The molecule has 0 spiro atoms. The lowest BCUT2D eigenvalue weighted by Crippen LogP contribution is -2.41. The summed E-state index contributed by atoms with van der Waals surface area (Å²) >= 11 is 1.19. The summed E-state index contributed by atoms with van der Waals surface area (Å²) in [7, 11) is 0. The molecule has 1 aromatic carbocycles. The van der Waals surface area contributed by atoms with Gasteiger partial charge in [-0.25, -0.2) is 4.98 Å². The summed E-state index contributed by atoms with van der Waals surface area (Å²) in [5.41, 5.74) is 0.680. The van der Waals surface area contributed by atoms with E-state index in [0.29, 0.717) is 28.8 Å². The lowest BCUT2D eigenvalue weighted by atomic mass is 10.2. The Labute approximate surface area is 143 Å². The van der Waals surface area contributed by atoms with Gasteiger partial charge in [0.25, 0.3) is 5.91 Å². The molecule has 8 heteroatoms. The monoisotopic (exact) mass is 347 g/mol. The summed E-state index contributed by atoms with van der Waals surface area (Å²) in [5, 5.41) is 6.00. The molecule has 0 saturated carbocycles. The highest BCUT2D eigenvalue weighted by Gasteiger charge is 2.24. The molecule has 0 bridgehead atoms. The minimum absolute atomic E-state index is 0.290. The van der Waals surface area contributed by atoms with E-state index in [0.717, 1.165) is 0 Å². The first-order valence-corrected chi connectivity index (χ1v) is 8.31. The van der Waals surface area contributed by atoms with E-state index < -0.39 is 12.3 Å². The average molecular weight is 347 g/mol. The number of thiazole rings is 1. The van der Waals surface area contributed by atoms with Gasteiger partial charge in [0.05, 0.1) is 19.4 Å². The van der Waals surface area contributed by atoms with Crippen LogP contribution in [0.1, 0.15) is 27.9 Å². The fourth-order valence-corrected chi connectivity index (χ4v) is 2.93. The van der Waals surface area contributed by atoms with E-state index >= 15 is 0 Å². The van der Waals surface area contributed by atoms with Gasteiger partial charge in [-0.15, -0.1) is 11.3 Å². The second kappa shape index (κ2) is 7.52. The van der Waals surface area contributed by atoms with Crippen LogP contribution >= 0.6 is 11.3 Å². The summed E-state index contributed by atoms with van der Waals surface area (Å²) in [6.07, 6.45) is 0.956. The number of carbonyl (C=O) groups excluding carboxylic acids is 2. The predicted octanol–water partition coefficient (Wildman–Crippen LogP) is 1.95. The second-order valence-corrected chi connectivity index (χ2v) is 6.25. The van der Waals surface area contributed by atoms with Gasteiger partial charge in [-0.2, -0.15) is 0 Å². The van der Waals surface area contributed by atoms with Crippen molar-refractivity contribution in [3.8, 4) is 0 Å². The Morgan fingerprint density at radius 3 is 2.67 bits per heavy atom. The van der Waals surface area contributed by atoms with Crippen LogP contribution in [0, 0.1) is 0 Å². The number of hydrogen-bond acceptors (Lipinski definition) is 6. The zero-order chi connectivity index (χ0) is 16.9. The molecule has 1 fully saturated rings. The van der Waals surface area contributed by atoms with Crippen molar-refractivity contribution in [3.63, 3.8) is 0 Å². The van der Waals surface area contributed by atoms with Crippen molar-refractivity contribution in [1.29, 1.82) is 0 Å². The first kappa shape index (κ1) is 16.6. The topological polar surface area (TPSA) is 89.6 Å². The number of nitrogens with zero attached hydrogens (tertiary/aromatic N) is 1. The van der Waals surface area contributed by atoms with E-state index in [1.54, 1.807) is 19.1 Å². The highest BCUT2D eigenvalue weighted by Crippen LogP contribution is 2.27. The van der Waals surface area contributed by atoms with Gasteiger partial charge in [-0.05, 0) is 19.1 Å². The molecule has 0 radical (unpaired) electrons. The Morgan fingerprint density at radius 2 is 1.96 bits per heavy atom. The summed E-state index contributed by atoms with van der Waals surface area (Å²) in [6.45, 7) is 2.66. The number of ether oxygens (including phenoxy) is 2. The third kappa shape index (κ3) is 3.97. The van der Waals surface area contributed by atoms with Gasteiger partial charge >= 0.3 is 0 Å². The van der Waals surface area contributed by atoms with Crippen molar-refractivity contribution < 1.29 is 19.1 Å². The lowest BCUT2D eigenvalue weighted by Gasteiger charge is -2.13. The van der Waals surface area contributed by atoms with E-state index in [1.807, 2.05) is 18.2 Å². The van der Waals surface area contributed by atoms with Crippen LogP contribution in [0.5, 0.6) is 0 Å². The van der Waals surface area contributed by atoms with Crippen molar-refractivity contribution in [1.82, 2.24) is 10.3 Å². The maximum atomic E-state index is 12.2. The molecule has 1 saturated heterocycles. The van der Waals surface area contributed by atoms with Gasteiger partial charge in [0.2, 0.25) is 12.2 Å². The van der Waals surface area contributed by atoms with Crippen LogP contribution in [0.3, 0.4) is 0 Å². The molecule has 1 atom stereocenters. The first-order chi connectivity index (χ1) is 11.6. The van der Waals surface area contributed by atoms with E-state index in [1.165, 1.54) is 17.5 Å². The molecule has 0 unspecified atom stereocenters. The maximum absolute atomic E-state index is 12.2. The molecule has 1 aromatic heterocycles. The highest BCUT2D eigenvalue weighted by molar-refractivity contribution is 7.13. The zero-order valence-corrected chi connectivity index (χ0v) is 13.8. The molecule has 126 valence electrons. The van der Waals surface area contributed by atoms with Crippen molar-refractivity contribution in [2.45, 2.75) is 19.3 Å². The van der Waals surface area contributed by atoms with Crippen molar-refractivity contribution in [2.24, 2.45) is 0 Å². The molecule has 3 rings (SSSR count). The number of rotatable bonds is 5. The molecular weight excluding hydrogens is 330 g/mol. The Hall–Kier alpha value is -2.29. The third-order valence-electron chi connectivity index (χ3n) is 3.35. The third-order valence-corrected chi connectivity index (χ3v) is 4.37. The van der Waals surface area contributed by atoms with Crippen LogP contribution in [0.4, 0.5) is 5.69 Å². The largest absolute Gasteiger partial charge is 0.344 e. The van der Waals surface area contributed by atoms with Gasteiger partial charge in [0, 0.05) is 5.69 Å². The lowest BCUT2D eigenvalue weighted by molar-refractivity contribution is -0.117. The van der Waals surface area contributed by atoms with E-state index in [9.17, 15) is 9.59 Å². The second-order valence-electron chi connectivity index (χ2n) is 5.19. The van der Waals surface area contributed by atoms with Crippen LogP contribution in [-0.2, 0) is 14.3 Å². The number of para-hydroxylation sites is 1. The predicted molar refractivity (Wildman–Crippen MR) is 88.8 cm³/mol. The molecule has 2 amide bonds. The number of anilines is 1. The van der Waals surface area contributed by atoms with E-state index in [-0.39, 0.29) is 11.8 Å². The van der Waals surface area contributed by atoms with E-state index in [4.69, 9.17) is 9.47 Å². The van der Waals surface area contributed by atoms with Gasteiger partial charge < -0.3 is 20.1 Å². The average Bonchev–Trinajstić information content (AvgIpc) is 3.27. The Bertz CT molecular complexity index is 713. The maximum Gasteiger partial charge on any atom is 0.263 e. The number of carbonyl (C=O) groups is 2. The van der Waals surface area contributed by atoms with Crippen molar-refractivity contribution in [2.75, 3.05) is 18.5 Å². The van der Waals surface area contributed by atoms with E-state index in [2.05, 4.69) is 15.6 Å². The molecule has 2 aromatic rings. The van der Waals surface area contributed by atoms with Crippen LogP contribution in [-0.4, -0.2) is 36.1 Å². The zero-order valence-electron chi connectivity index (χ0n) is 13.0. The van der Waals surface area contributed by atoms with Crippen LogP contribution in [0.15, 0.2) is 36.5 Å². The molecule has 2 heterocycles. The quantitative estimate of drug-likeness (QED) is 0.863. The molecule has 24 heavy (non-hydrogen) atoms. The summed E-state index contributed by atoms with van der Waals surface area (Å²) in [5.74, 6) is -0.644. The summed E-state index contributed by atoms with van der Waals surface area (Å²) in [6, 6.07) is 8.39. The smallest absolute Gasteiger partial charge is 0.263 e. The molecule has 1 aliphatic rings. The molecule has 7 nitrogen and oxygen atoms in total. The fraction of sp³-hybridized carbons (Fsp3) is 0.312. The standard InChI is InChI=1S/C16H17N3O4S/c1-10(13(20)19-11-5-3-2-4-6-11)18-14(21)12-9-17-15(24-12)16-22-7-8-23-16/h2-6,9-10,16H,7-8H2,1H3,(H,18,21)(H,19,20)/t10-/m1/s1. The first-order valence-electron chi connectivity index (χ1n) is 7.49. The SMILES string of the molecule is C[C@@H](NC(=O)c1cnc(C2OCCO2)s1)C(=O)Nc1ccccc1. The van der Waals surface area contributed by atoms with Crippen LogP contribution < -0.4 is 10.6 Å². The minimum atomic E-state index is -0.678. The van der Waals surface area contributed by atoms with Gasteiger partial charge in [-0.3, -0.25) is 9.59 Å². The minimum Gasteiger partial charge on any atom is -0.344 e. The molecular formula is C16H17N3O4S. The van der Waals surface area contributed by atoms with Gasteiger partial charge in [0.1, 0.15) is 15.9 Å². The molecule has 1 aliphatic heterocycles. The summed E-state index contributed by atoms with van der Waals surface area (Å²) < 4.78 is 10.7. The van der Waals surface area contributed by atoms with Crippen LogP contribution in [0.2, 0.25) is 0 Å². The highest BCUT2D eigenvalue weighted by atomic mass is 32.1. The normalized spacial score (nSPS) is 15.9. The summed E-state index contributed by atoms with van der Waals surface area (Å²) in [4.78, 5) is 28.9. The van der Waals surface area contributed by atoms with Gasteiger partial charge in [-0.1, -0.05) is 18.2 Å². The number of aromatic nitrogens is 1. The number of hydrogen-bond donors (Lipinski definition) is 2. The van der Waals surface area contributed by atoms with Gasteiger partial charge in [0.15, 0.2) is 0 Å². The Morgan fingerprint density at radius 1 is 1.25 bits per heavy atom. The number of nitrogens with one attached hydrogen (secondary N) is 2. The van der Waals surface area contributed by atoms with Crippen molar-refractivity contribution >= 4 is 28.8 Å². The Kier molecular flexibility index (Phi) is 5.19. The van der Waals surface area contributed by atoms with Crippen molar-refractivity contribution in [3.05, 3.63) is 46.4 Å². The van der Waals surface area contributed by atoms with Crippen LogP contribution in [0.25, 0.3) is 0 Å². The number of benzene rings is 1. The Balaban J connectivity index is 1.56. The fourth-order valence-electron chi connectivity index (χ4n) is 2.11.